The van der Waals surface area contributed by atoms with Gasteiger partial charge in [-0.2, -0.15) is 0 Å². The maximum absolute atomic E-state index is 11.2. The third-order valence-corrected chi connectivity index (χ3v) is 1.80. The molecule has 14 heavy (non-hydrogen) atoms. The van der Waals surface area contributed by atoms with Crippen LogP contribution in [-0.4, -0.2) is 19.0 Å². The van der Waals surface area contributed by atoms with Crippen LogP contribution in [0.15, 0.2) is 30.3 Å². The topological polar surface area (TPSA) is 41.1 Å². The minimum atomic E-state index is 0.0377. The van der Waals surface area contributed by atoms with E-state index in [2.05, 4.69) is 10.6 Å². The summed E-state index contributed by atoms with van der Waals surface area (Å²) in [5.41, 5.74) is 0.971. The molecule has 1 amide bonds. The average Bonchev–Trinajstić information content (AvgIpc) is 2.25. The molecule has 1 aromatic rings. The lowest BCUT2D eigenvalue weighted by Crippen LogP contribution is -2.30. The zero-order chi connectivity index (χ0) is 10.2. The fraction of sp³-hybridized carbons (Fsp3) is 0.364. The molecule has 0 saturated carbocycles. The highest BCUT2D eigenvalue weighted by Gasteiger charge is 1.98. The van der Waals surface area contributed by atoms with Crippen molar-refractivity contribution in [3.63, 3.8) is 0 Å². The molecular formula is C11H16N2O. The molecule has 3 nitrogen and oxygen atoms in total. The van der Waals surface area contributed by atoms with Crippen molar-refractivity contribution in [1.82, 2.24) is 5.32 Å². The number of carbonyl (C=O) groups is 1. The predicted octanol–water partition coefficient (Wildman–Crippen LogP) is 1.62. The Morgan fingerprint density at radius 3 is 2.64 bits per heavy atom. The molecule has 1 aromatic carbocycles. The molecule has 3 heteroatoms. The molecule has 0 aromatic heterocycles. The summed E-state index contributed by atoms with van der Waals surface area (Å²) in [4.78, 5) is 11.2. The molecule has 0 unspecified atom stereocenters. The van der Waals surface area contributed by atoms with Crippen molar-refractivity contribution in [2.75, 3.05) is 18.4 Å². The summed E-state index contributed by atoms with van der Waals surface area (Å²) in [6.45, 7) is 3.12. The Balaban J connectivity index is 2.24. The van der Waals surface area contributed by atoms with Crippen molar-refractivity contribution in [2.45, 2.75) is 13.3 Å². The Labute approximate surface area is 84.5 Å². The molecule has 0 radical (unpaired) electrons. The van der Waals surface area contributed by atoms with Crippen molar-refractivity contribution < 1.29 is 4.79 Å². The SMILES string of the molecule is CCCNC(=O)CNc1ccccc1. The molecule has 0 aliphatic heterocycles. The third-order valence-electron chi connectivity index (χ3n) is 1.80. The summed E-state index contributed by atoms with van der Waals surface area (Å²) >= 11 is 0. The Morgan fingerprint density at radius 2 is 2.00 bits per heavy atom. The van der Waals surface area contributed by atoms with Crippen LogP contribution in [0.5, 0.6) is 0 Å². The van der Waals surface area contributed by atoms with Gasteiger partial charge in [-0.25, -0.2) is 0 Å². The summed E-state index contributed by atoms with van der Waals surface area (Å²) in [6, 6.07) is 9.70. The van der Waals surface area contributed by atoms with Gasteiger partial charge in [0.2, 0.25) is 5.91 Å². The number of carbonyl (C=O) groups excluding carboxylic acids is 1. The van der Waals surface area contributed by atoms with E-state index in [0.29, 0.717) is 6.54 Å². The highest BCUT2D eigenvalue weighted by Crippen LogP contribution is 2.03. The van der Waals surface area contributed by atoms with Crippen molar-refractivity contribution in [1.29, 1.82) is 0 Å². The zero-order valence-corrected chi connectivity index (χ0v) is 8.42. The Hall–Kier alpha value is -1.51. The van der Waals surface area contributed by atoms with E-state index in [0.717, 1.165) is 18.7 Å². The van der Waals surface area contributed by atoms with Gasteiger partial charge in [-0.15, -0.1) is 0 Å². The summed E-state index contributed by atoms with van der Waals surface area (Å²) in [5, 5.41) is 5.84. The molecule has 0 aliphatic carbocycles. The standard InChI is InChI=1S/C11H16N2O/c1-2-8-12-11(14)9-13-10-6-4-3-5-7-10/h3-7,13H,2,8-9H2,1H3,(H,12,14). The highest BCUT2D eigenvalue weighted by molar-refractivity contribution is 5.80. The molecule has 0 fully saturated rings. The summed E-state index contributed by atoms with van der Waals surface area (Å²) in [6.07, 6.45) is 0.969. The first kappa shape index (κ1) is 10.6. The third kappa shape index (κ3) is 3.94. The number of anilines is 1. The molecule has 2 N–H and O–H groups in total. The van der Waals surface area contributed by atoms with Crippen LogP contribution in [0.3, 0.4) is 0 Å². The van der Waals surface area contributed by atoms with Gasteiger partial charge in [0.15, 0.2) is 0 Å². The van der Waals surface area contributed by atoms with Gasteiger partial charge in [0.1, 0.15) is 0 Å². The number of nitrogens with one attached hydrogen (secondary N) is 2. The number of rotatable bonds is 5. The molecule has 0 bridgehead atoms. The van der Waals surface area contributed by atoms with Crippen LogP contribution in [0.1, 0.15) is 13.3 Å². The minimum Gasteiger partial charge on any atom is -0.376 e. The van der Waals surface area contributed by atoms with Gasteiger partial charge >= 0.3 is 0 Å². The normalized spacial score (nSPS) is 9.50. The summed E-state index contributed by atoms with van der Waals surface area (Å²) in [5.74, 6) is 0.0377. The van der Waals surface area contributed by atoms with Crippen molar-refractivity contribution in [3.8, 4) is 0 Å². The van der Waals surface area contributed by atoms with Gasteiger partial charge in [-0.05, 0) is 18.6 Å². The number of hydrogen-bond donors (Lipinski definition) is 2. The van der Waals surface area contributed by atoms with Gasteiger partial charge in [0, 0.05) is 12.2 Å². The van der Waals surface area contributed by atoms with Gasteiger partial charge in [-0.1, -0.05) is 25.1 Å². The van der Waals surface area contributed by atoms with E-state index in [1.54, 1.807) is 0 Å². The molecule has 0 heterocycles. The Morgan fingerprint density at radius 1 is 1.29 bits per heavy atom. The van der Waals surface area contributed by atoms with Crippen LogP contribution in [-0.2, 0) is 4.79 Å². The van der Waals surface area contributed by atoms with E-state index < -0.39 is 0 Å². The lowest BCUT2D eigenvalue weighted by atomic mass is 10.3. The quantitative estimate of drug-likeness (QED) is 0.744. The van der Waals surface area contributed by atoms with Gasteiger partial charge in [-0.3, -0.25) is 4.79 Å². The smallest absolute Gasteiger partial charge is 0.239 e. The first-order valence-corrected chi connectivity index (χ1v) is 4.88. The van der Waals surface area contributed by atoms with Crippen LogP contribution >= 0.6 is 0 Å². The maximum atomic E-state index is 11.2. The number of benzene rings is 1. The Kier molecular flexibility index (Phi) is 4.55. The molecule has 0 saturated heterocycles. The van der Waals surface area contributed by atoms with E-state index in [1.807, 2.05) is 37.3 Å². The van der Waals surface area contributed by atoms with Crippen LogP contribution < -0.4 is 10.6 Å². The van der Waals surface area contributed by atoms with E-state index >= 15 is 0 Å². The van der Waals surface area contributed by atoms with Gasteiger partial charge in [0.25, 0.3) is 0 Å². The van der Waals surface area contributed by atoms with Gasteiger partial charge in [0.05, 0.1) is 6.54 Å². The lowest BCUT2D eigenvalue weighted by molar-refractivity contribution is -0.119. The number of para-hydroxylation sites is 1. The fourth-order valence-corrected chi connectivity index (χ4v) is 1.07. The second-order valence-electron chi connectivity index (χ2n) is 3.07. The molecule has 1 rings (SSSR count). The second kappa shape index (κ2) is 6.02. The summed E-state index contributed by atoms with van der Waals surface area (Å²) in [7, 11) is 0. The monoisotopic (exact) mass is 192 g/mol. The van der Waals surface area contributed by atoms with Crippen LogP contribution in [0, 0.1) is 0 Å². The molecule has 0 atom stereocenters. The average molecular weight is 192 g/mol. The minimum absolute atomic E-state index is 0.0377. The fourth-order valence-electron chi connectivity index (χ4n) is 1.07. The molecule has 76 valence electrons. The largest absolute Gasteiger partial charge is 0.376 e. The van der Waals surface area contributed by atoms with E-state index in [1.165, 1.54) is 0 Å². The zero-order valence-electron chi connectivity index (χ0n) is 8.42. The van der Waals surface area contributed by atoms with Crippen molar-refractivity contribution in [2.24, 2.45) is 0 Å². The van der Waals surface area contributed by atoms with E-state index in [-0.39, 0.29) is 5.91 Å². The van der Waals surface area contributed by atoms with Crippen LogP contribution in [0.25, 0.3) is 0 Å². The van der Waals surface area contributed by atoms with Gasteiger partial charge < -0.3 is 10.6 Å². The summed E-state index contributed by atoms with van der Waals surface area (Å²) < 4.78 is 0. The van der Waals surface area contributed by atoms with Crippen LogP contribution in [0.4, 0.5) is 5.69 Å². The maximum Gasteiger partial charge on any atom is 0.239 e. The first-order chi connectivity index (χ1) is 6.83. The highest BCUT2D eigenvalue weighted by atomic mass is 16.1. The van der Waals surface area contributed by atoms with Crippen molar-refractivity contribution >= 4 is 11.6 Å². The number of hydrogen-bond acceptors (Lipinski definition) is 2. The van der Waals surface area contributed by atoms with Crippen molar-refractivity contribution in [3.05, 3.63) is 30.3 Å². The predicted molar refractivity (Wildman–Crippen MR) is 58.2 cm³/mol. The van der Waals surface area contributed by atoms with E-state index in [9.17, 15) is 4.79 Å². The molecule has 0 spiro atoms. The van der Waals surface area contributed by atoms with E-state index in [4.69, 9.17) is 0 Å². The van der Waals surface area contributed by atoms with Crippen LogP contribution in [0.2, 0.25) is 0 Å². The second-order valence-corrected chi connectivity index (χ2v) is 3.07. The molecular weight excluding hydrogens is 176 g/mol. The number of amides is 1. The lowest BCUT2D eigenvalue weighted by Gasteiger charge is -2.06. The Bertz CT molecular complexity index is 272. The first-order valence-electron chi connectivity index (χ1n) is 4.88. The molecule has 0 aliphatic rings.